The molecule has 2 heterocycles. The van der Waals surface area contributed by atoms with E-state index in [4.69, 9.17) is 4.42 Å². The zero-order valence-electron chi connectivity index (χ0n) is 22.0. The summed E-state index contributed by atoms with van der Waals surface area (Å²) >= 11 is 0. The van der Waals surface area contributed by atoms with Gasteiger partial charge in [-0.05, 0) is 67.5 Å². The van der Waals surface area contributed by atoms with Gasteiger partial charge >= 0.3 is 0 Å². The Balaban J connectivity index is 1.74. The number of aryl methyl sites for hydroxylation is 2. The van der Waals surface area contributed by atoms with Crippen molar-refractivity contribution in [3.05, 3.63) is 71.3 Å². The molecule has 0 bridgehead atoms. The maximum Gasteiger partial charge on any atom is 0.217 e. The molecule has 178 valence electrons. The molecule has 3 heteroatoms. The summed E-state index contributed by atoms with van der Waals surface area (Å²) in [4.78, 5) is 0. The summed E-state index contributed by atoms with van der Waals surface area (Å²) in [5.74, 6) is 0.645. The molecular weight excluding hydrogens is 442 g/mol. The van der Waals surface area contributed by atoms with Crippen molar-refractivity contribution in [1.82, 2.24) is 0 Å². The summed E-state index contributed by atoms with van der Waals surface area (Å²) < 4.78 is 9.01. The van der Waals surface area contributed by atoms with Gasteiger partial charge in [-0.1, -0.05) is 61.9 Å². The van der Waals surface area contributed by atoms with Gasteiger partial charge in [0.2, 0.25) is 11.2 Å². The molecule has 2 nitrogen and oxygen atoms in total. The van der Waals surface area contributed by atoms with Gasteiger partial charge in [0, 0.05) is 28.3 Å². The number of benzene rings is 3. The summed E-state index contributed by atoms with van der Waals surface area (Å²) in [7, 11) is 0.814. The Kier molecular flexibility index (Phi) is 5.19. The van der Waals surface area contributed by atoms with E-state index in [0.29, 0.717) is 5.92 Å². The van der Waals surface area contributed by atoms with Gasteiger partial charge in [-0.3, -0.25) is 0 Å². The zero-order chi connectivity index (χ0) is 24.5. The van der Waals surface area contributed by atoms with Gasteiger partial charge in [0.15, 0.2) is 0 Å². The van der Waals surface area contributed by atoms with E-state index in [9.17, 15) is 0 Å². The van der Waals surface area contributed by atoms with E-state index < -0.39 is 8.07 Å². The molecule has 1 saturated carbocycles. The van der Waals surface area contributed by atoms with Crippen LogP contribution < -0.4 is 9.75 Å². The van der Waals surface area contributed by atoms with Crippen LogP contribution in [0.2, 0.25) is 19.6 Å². The summed E-state index contributed by atoms with van der Waals surface area (Å²) in [5, 5.41) is 5.37. The van der Waals surface area contributed by atoms with E-state index in [1.165, 1.54) is 80.5 Å². The number of fused-ring (bicyclic) bond motifs is 4. The number of rotatable bonds is 3. The minimum Gasteiger partial charge on any atom is -0.455 e. The van der Waals surface area contributed by atoms with E-state index in [-0.39, 0.29) is 0 Å². The van der Waals surface area contributed by atoms with Crippen molar-refractivity contribution in [1.29, 1.82) is 0 Å². The Morgan fingerprint density at radius 2 is 1.60 bits per heavy atom. The molecule has 0 N–H and O–H groups in total. The summed E-state index contributed by atoms with van der Waals surface area (Å²) in [6.45, 7) is 11.8. The highest BCUT2D eigenvalue weighted by molar-refractivity contribution is 6.88. The van der Waals surface area contributed by atoms with Gasteiger partial charge in [-0.15, -0.1) is 0 Å². The smallest absolute Gasteiger partial charge is 0.217 e. The number of pyridine rings is 1. The molecule has 1 aliphatic rings. The van der Waals surface area contributed by atoms with Crippen LogP contribution in [0.5, 0.6) is 0 Å². The van der Waals surface area contributed by atoms with Gasteiger partial charge < -0.3 is 4.42 Å². The highest BCUT2D eigenvalue weighted by Gasteiger charge is 2.29. The van der Waals surface area contributed by atoms with Crippen LogP contribution in [0.3, 0.4) is 0 Å². The van der Waals surface area contributed by atoms with Crippen LogP contribution >= 0.6 is 0 Å². The largest absolute Gasteiger partial charge is 0.455 e. The van der Waals surface area contributed by atoms with Crippen molar-refractivity contribution in [3.8, 4) is 11.3 Å². The van der Waals surface area contributed by atoms with Crippen LogP contribution in [0.1, 0.15) is 48.3 Å². The first-order valence-corrected chi connectivity index (χ1v) is 16.6. The maximum absolute atomic E-state index is 6.58. The van der Waals surface area contributed by atoms with Gasteiger partial charge in [0.25, 0.3) is 0 Å². The van der Waals surface area contributed by atoms with E-state index in [2.05, 4.69) is 99.7 Å². The maximum atomic E-state index is 6.58. The number of para-hydroxylation sites is 1. The molecule has 3 aromatic carbocycles. The molecule has 1 aliphatic carbocycles. The zero-order valence-corrected chi connectivity index (χ0v) is 23.0. The van der Waals surface area contributed by atoms with Gasteiger partial charge in [-0.25, -0.2) is 0 Å². The minimum absolute atomic E-state index is 0.645. The molecule has 6 rings (SSSR count). The molecule has 0 unspecified atom stereocenters. The summed E-state index contributed by atoms with van der Waals surface area (Å²) in [5.41, 5.74) is 10.0. The van der Waals surface area contributed by atoms with Crippen molar-refractivity contribution in [2.24, 2.45) is 7.05 Å². The van der Waals surface area contributed by atoms with E-state index in [1.54, 1.807) is 0 Å². The lowest BCUT2D eigenvalue weighted by Gasteiger charge is -2.19. The molecule has 0 spiro atoms. The Hall–Kier alpha value is -2.91. The van der Waals surface area contributed by atoms with Crippen molar-refractivity contribution in [3.63, 3.8) is 0 Å². The Morgan fingerprint density at radius 1 is 0.857 bits per heavy atom. The summed E-state index contributed by atoms with van der Waals surface area (Å²) in [6, 6.07) is 20.6. The van der Waals surface area contributed by atoms with Gasteiger partial charge in [-0.2, -0.15) is 4.57 Å². The highest BCUT2D eigenvalue weighted by atomic mass is 28.3. The normalized spacial score (nSPS) is 15.1. The second-order valence-electron chi connectivity index (χ2n) is 11.7. The number of nitrogens with zero attached hydrogens (tertiary/aromatic N) is 1. The first-order chi connectivity index (χ1) is 16.7. The SMILES string of the molecule is Cc1cc2c(oc3ccccc32)c(-c2cc(C3CCCC3)c3ccc([Si](C)(C)C)cc3[n+]2C)c1C. The average molecular weight is 479 g/mol. The Morgan fingerprint density at radius 3 is 2.34 bits per heavy atom. The molecular formula is C32H36NOSi+. The molecule has 1 fully saturated rings. The predicted octanol–water partition coefficient (Wildman–Crippen LogP) is 8.05. The minimum atomic E-state index is -1.44. The lowest BCUT2D eigenvalue weighted by molar-refractivity contribution is -0.633. The van der Waals surface area contributed by atoms with Crippen LogP contribution in [-0.2, 0) is 7.05 Å². The van der Waals surface area contributed by atoms with Crippen LogP contribution in [0, 0.1) is 13.8 Å². The van der Waals surface area contributed by atoms with Gasteiger partial charge in [0.1, 0.15) is 18.2 Å². The predicted molar refractivity (Wildman–Crippen MR) is 152 cm³/mol. The second kappa shape index (κ2) is 8.06. The van der Waals surface area contributed by atoms with E-state index in [1.807, 2.05) is 0 Å². The van der Waals surface area contributed by atoms with E-state index >= 15 is 0 Å². The number of furan rings is 1. The third-order valence-electron chi connectivity index (χ3n) is 8.43. The first-order valence-electron chi connectivity index (χ1n) is 13.1. The lowest BCUT2D eigenvalue weighted by Crippen LogP contribution is -2.40. The third-order valence-corrected chi connectivity index (χ3v) is 10.5. The van der Waals surface area contributed by atoms with Crippen molar-refractivity contribution < 1.29 is 8.98 Å². The third kappa shape index (κ3) is 3.55. The average Bonchev–Trinajstić information content (AvgIpc) is 3.48. The fraction of sp³-hybridized carbons (Fsp3) is 0.344. The molecule has 0 atom stereocenters. The summed E-state index contributed by atoms with van der Waals surface area (Å²) in [6.07, 6.45) is 5.27. The fourth-order valence-corrected chi connectivity index (χ4v) is 7.33. The Bertz CT molecular complexity index is 1610. The highest BCUT2D eigenvalue weighted by Crippen LogP contribution is 2.42. The second-order valence-corrected chi connectivity index (χ2v) is 16.8. The molecule has 5 aromatic rings. The van der Waals surface area contributed by atoms with Crippen LogP contribution in [0.15, 0.2) is 59.0 Å². The van der Waals surface area contributed by atoms with Gasteiger partial charge in [0.05, 0.1) is 13.6 Å². The molecule has 35 heavy (non-hydrogen) atoms. The van der Waals surface area contributed by atoms with Crippen molar-refractivity contribution in [2.75, 3.05) is 0 Å². The lowest BCUT2D eigenvalue weighted by atomic mass is 9.90. The monoisotopic (exact) mass is 478 g/mol. The number of aromatic nitrogens is 1. The molecule has 0 saturated heterocycles. The first kappa shape index (κ1) is 22.5. The topological polar surface area (TPSA) is 17.0 Å². The van der Waals surface area contributed by atoms with E-state index in [0.717, 1.165) is 11.2 Å². The number of hydrogen-bond donors (Lipinski definition) is 0. The quantitative estimate of drug-likeness (QED) is 0.189. The molecule has 0 amide bonds. The Labute approximate surface area is 209 Å². The van der Waals surface area contributed by atoms with Crippen molar-refractivity contribution >= 4 is 46.1 Å². The van der Waals surface area contributed by atoms with Crippen LogP contribution in [-0.4, -0.2) is 8.07 Å². The standard InChI is InChI=1S/C32H36NOSi/c1-20-17-27-25-13-9-10-14-30(25)34-32(27)31(21(20)2)29-19-26(22-11-7-8-12-22)24-16-15-23(35(4,5)6)18-28(24)33(29)3/h9-10,13-19,22H,7-8,11-12H2,1-6H3/q+1. The van der Waals surface area contributed by atoms with Crippen molar-refractivity contribution in [2.45, 2.75) is 65.1 Å². The van der Waals surface area contributed by atoms with Crippen LogP contribution in [0.25, 0.3) is 44.1 Å². The van der Waals surface area contributed by atoms with Crippen LogP contribution in [0.4, 0.5) is 0 Å². The molecule has 0 radical (unpaired) electrons. The molecule has 2 aromatic heterocycles. The molecule has 0 aliphatic heterocycles. The number of hydrogen-bond acceptors (Lipinski definition) is 1. The fourth-order valence-electron chi connectivity index (χ4n) is 6.18.